The second-order valence-electron chi connectivity index (χ2n) is 3.59. The van der Waals surface area contributed by atoms with E-state index in [0.717, 1.165) is 18.9 Å². The van der Waals surface area contributed by atoms with Crippen molar-refractivity contribution in [2.45, 2.75) is 19.9 Å². The lowest BCUT2D eigenvalue weighted by atomic mass is 10.2. The van der Waals surface area contributed by atoms with Crippen molar-refractivity contribution in [1.29, 1.82) is 0 Å². The van der Waals surface area contributed by atoms with Crippen molar-refractivity contribution in [1.82, 2.24) is 4.98 Å². The second-order valence-corrected chi connectivity index (χ2v) is 3.59. The maximum atomic E-state index is 4.30. The van der Waals surface area contributed by atoms with Gasteiger partial charge in [-0.3, -0.25) is 0 Å². The summed E-state index contributed by atoms with van der Waals surface area (Å²) >= 11 is 0. The molecule has 1 aromatic rings. The van der Waals surface area contributed by atoms with Crippen LogP contribution in [0.3, 0.4) is 0 Å². The Balaban J connectivity index is 2.37. The monoisotopic (exact) mass is 177 g/mol. The minimum Gasteiger partial charge on any atom is -0.367 e. The van der Waals surface area contributed by atoms with E-state index in [2.05, 4.69) is 35.1 Å². The van der Waals surface area contributed by atoms with Gasteiger partial charge < -0.3 is 10.2 Å². The summed E-state index contributed by atoms with van der Waals surface area (Å²) in [6.07, 6.45) is 1.83. The standard InChI is InChI=1S/C10H15N3/c1-8(2)13-7-6-12-10-9(13)4-3-5-11-10/h3-5,8H,6-7H2,1-2H3,(H,11,12). The first kappa shape index (κ1) is 8.35. The molecule has 2 rings (SSSR count). The first-order chi connectivity index (χ1) is 6.29. The molecule has 3 heteroatoms. The summed E-state index contributed by atoms with van der Waals surface area (Å²) in [5.74, 6) is 1.02. The average molecular weight is 177 g/mol. The highest BCUT2D eigenvalue weighted by Crippen LogP contribution is 2.27. The van der Waals surface area contributed by atoms with Gasteiger partial charge in [-0.15, -0.1) is 0 Å². The smallest absolute Gasteiger partial charge is 0.149 e. The fourth-order valence-corrected chi connectivity index (χ4v) is 1.72. The fourth-order valence-electron chi connectivity index (χ4n) is 1.72. The molecule has 2 heterocycles. The van der Waals surface area contributed by atoms with E-state index < -0.39 is 0 Å². The van der Waals surface area contributed by atoms with Gasteiger partial charge in [-0.05, 0) is 26.0 Å². The fraction of sp³-hybridized carbons (Fsp3) is 0.500. The lowest BCUT2D eigenvalue weighted by Gasteiger charge is -2.34. The van der Waals surface area contributed by atoms with E-state index in [1.807, 2.05) is 12.3 Å². The first-order valence-electron chi connectivity index (χ1n) is 4.74. The van der Waals surface area contributed by atoms with Crippen molar-refractivity contribution in [3.05, 3.63) is 18.3 Å². The zero-order chi connectivity index (χ0) is 9.26. The van der Waals surface area contributed by atoms with Gasteiger partial charge in [-0.25, -0.2) is 4.98 Å². The summed E-state index contributed by atoms with van der Waals surface area (Å²) in [5.41, 5.74) is 1.23. The van der Waals surface area contributed by atoms with Crippen LogP contribution in [0.1, 0.15) is 13.8 Å². The topological polar surface area (TPSA) is 28.2 Å². The predicted molar refractivity (Wildman–Crippen MR) is 55.2 cm³/mol. The molecule has 1 aliphatic rings. The zero-order valence-corrected chi connectivity index (χ0v) is 8.12. The third-order valence-electron chi connectivity index (χ3n) is 2.36. The molecule has 0 radical (unpaired) electrons. The van der Waals surface area contributed by atoms with E-state index in [-0.39, 0.29) is 0 Å². The van der Waals surface area contributed by atoms with Crippen LogP contribution in [0.2, 0.25) is 0 Å². The van der Waals surface area contributed by atoms with E-state index in [4.69, 9.17) is 0 Å². The second kappa shape index (κ2) is 3.24. The molecule has 0 saturated carbocycles. The molecular formula is C10H15N3. The Labute approximate surface area is 78.8 Å². The van der Waals surface area contributed by atoms with Gasteiger partial charge in [-0.2, -0.15) is 0 Å². The van der Waals surface area contributed by atoms with E-state index in [1.165, 1.54) is 5.69 Å². The molecule has 0 atom stereocenters. The van der Waals surface area contributed by atoms with E-state index in [0.29, 0.717) is 6.04 Å². The number of anilines is 2. The van der Waals surface area contributed by atoms with Gasteiger partial charge in [0.2, 0.25) is 0 Å². The van der Waals surface area contributed by atoms with Crippen LogP contribution >= 0.6 is 0 Å². The third-order valence-corrected chi connectivity index (χ3v) is 2.36. The molecule has 0 aromatic carbocycles. The number of hydrogen-bond acceptors (Lipinski definition) is 3. The molecule has 13 heavy (non-hydrogen) atoms. The van der Waals surface area contributed by atoms with Gasteiger partial charge >= 0.3 is 0 Å². The molecule has 0 amide bonds. The van der Waals surface area contributed by atoms with Crippen LogP contribution in [0.15, 0.2) is 18.3 Å². The highest BCUT2D eigenvalue weighted by molar-refractivity contribution is 5.68. The molecule has 70 valence electrons. The molecule has 1 aromatic heterocycles. The largest absolute Gasteiger partial charge is 0.367 e. The van der Waals surface area contributed by atoms with Gasteiger partial charge in [0.05, 0.1) is 5.69 Å². The quantitative estimate of drug-likeness (QED) is 0.708. The number of nitrogens with zero attached hydrogens (tertiary/aromatic N) is 2. The highest BCUT2D eigenvalue weighted by Gasteiger charge is 2.18. The van der Waals surface area contributed by atoms with Crippen LogP contribution in [-0.4, -0.2) is 24.1 Å². The minimum atomic E-state index is 0.546. The molecule has 1 N–H and O–H groups in total. The van der Waals surface area contributed by atoms with Crippen molar-refractivity contribution in [3.63, 3.8) is 0 Å². The van der Waals surface area contributed by atoms with Crippen molar-refractivity contribution < 1.29 is 0 Å². The Hall–Kier alpha value is -1.25. The maximum absolute atomic E-state index is 4.30. The Morgan fingerprint density at radius 1 is 1.54 bits per heavy atom. The van der Waals surface area contributed by atoms with Crippen LogP contribution in [0.5, 0.6) is 0 Å². The number of hydrogen-bond donors (Lipinski definition) is 1. The Morgan fingerprint density at radius 2 is 2.38 bits per heavy atom. The van der Waals surface area contributed by atoms with Gasteiger partial charge in [-0.1, -0.05) is 0 Å². The molecule has 0 saturated heterocycles. The van der Waals surface area contributed by atoms with Crippen molar-refractivity contribution >= 4 is 11.5 Å². The summed E-state index contributed by atoms with van der Waals surface area (Å²) in [5, 5.41) is 3.29. The van der Waals surface area contributed by atoms with Crippen molar-refractivity contribution in [2.24, 2.45) is 0 Å². The summed E-state index contributed by atoms with van der Waals surface area (Å²) in [6.45, 7) is 6.47. The summed E-state index contributed by atoms with van der Waals surface area (Å²) in [6, 6.07) is 4.65. The van der Waals surface area contributed by atoms with E-state index in [9.17, 15) is 0 Å². The molecule has 0 fully saturated rings. The molecule has 3 nitrogen and oxygen atoms in total. The number of pyridine rings is 1. The average Bonchev–Trinajstić information content (AvgIpc) is 2.17. The van der Waals surface area contributed by atoms with Gasteiger partial charge in [0.15, 0.2) is 0 Å². The summed E-state index contributed by atoms with van der Waals surface area (Å²) in [7, 11) is 0. The Bertz CT molecular complexity index is 296. The molecule has 1 aliphatic heterocycles. The van der Waals surface area contributed by atoms with Crippen molar-refractivity contribution in [2.75, 3.05) is 23.3 Å². The molecule has 0 unspecified atom stereocenters. The number of nitrogens with one attached hydrogen (secondary N) is 1. The summed E-state index contributed by atoms with van der Waals surface area (Å²) in [4.78, 5) is 6.67. The molecule has 0 spiro atoms. The molecular weight excluding hydrogens is 162 g/mol. The first-order valence-corrected chi connectivity index (χ1v) is 4.74. The highest BCUT2D eigenvalue weighted by atomic mass is 15.2. The van der Waals surface area contributed by atoms with Crippen LogP contribution in [0.25, 0.3) is 0 Å². The Kier molecular flexibility index (Phi) is 2.08. The van der Waals surface area contributed by atoms with Gasteiger partial charge in [0, 0.05) is 25.3 Å². The van der Waals surface area contributed by atoms with Gasteiger partial charge in [0.25, 0.3) is 0 Å². The Morgan fingerprint density at radius 3 is 3.15 bits per heavy atom. The normalized spacial score (nSPS) is 15.5. The number of aromatic nitrogens is 1. The number of rotatable bonds is 1. The van der Waals surface area contributed by atoms with Crippen LogP contribution in [0, 0.1) is 0 Å². The molecule has 0 bridgehead atoms. The number of fused-ring (bicyclic) bond motifs is 1. The lowest BCUT2D eigenvalue weighted by molar-refractivity contribution is 0.678. The summed E-state index contributed by atoms with van der Waals surface area (Å²) < 4.78 is 0. The predicted octanol–water partition coefficient (Wildman–Crippen LogP) is 1.72. The van der Waals surface area contributed by atoms with Crippen molar-refractivity contribution in [3.8, 4) is 0 Å². The molecule has 0 aliphatic carbocycles. The minimum absolute atomic E-state index is 0.546. The van der Waals surface area contributed by atoms with Crippen LogP contribution in [-0.2, 0) is 0 Å². The maximum Gasteiger partial charge on any atom is 0.149 e. The SMILES string of the molecule is CC(C)N1CCNc2ncccc21. The van der Waals surface area contributed by atoms with E-state index >= 15 is 0 Å². The van der Waals surface area contributed by atoms with E-state index in [1.54, 1.807) is 0 Å². The lowest BCUT2D eigenvalue weighted by Crippen LogP contribution is -2.39. The van der Waals surface area contributed by atoms with Crippen LogP contribution < -0.4 is 10.2 Å². The zero-order valence-electron chi connectivity index (χ0n) is 8.12. The third kappa shape index (κ3) is 1.46. The van der Waals surface area contributed by atoms with Gasteiger partial charge in [0.1, 0.15) is 5.82 Å². The van der Waals surface area contributed by atoms with Crippen LogP contribution in [0.4, 0.5) is 11.5 Å².